The van der Waals surface area contributed by atoms with Gasteiger partial charge in [-0.1, -0.05) is 24.3 Å². The van der Waals surface area contributed by atoms with E-state index in [9.17, 15) is 9.59 Å². The summed E-state index contributed by atoms with van der Waals surface area (Å²) >= 11 is 0. The van der Waals surface area contributed by atoms with Gasteiger partial charge in [-0.3, -0.25) is 4.79 Å². The summed E-state index contributed by atoms with van der Waals surface area (Å²) in [7, 11) is 0. The van der Waals surface area contributed by atoms with Crippen LogP contribution in [0.2, 0.25) is 0 Å². The average molecular weight is 219 g/mol. The topological polar surface area (TPSA) is 57.6 Å². The molecule has 4 nitrogen and oxygen atoms in total. The molecule has 1 atom stereocenters. The standard InChI is InChI=1S/C12H13NO3/c1-8(14)13-7-10-5-3-2-4-9(10)6-11(13)12(15)16/h2-5,11H,6-7H2,1H3,(H,15,16)/t11-/m0/s1. The Morgan fingerprint density at radius 1 is 1.31 bits per heavy atom. The molecule has 16 heavy (non-hydrogen) atoms. The van der Waals surface area contributed by atoms with Crippen molar-refractivity contribution < 1.29 is 14.7 Å². The van der Waals surface area contributed by atoms with Crippen molar-refractivity contribution in [1.29, 1.82) is 0 Å². The minimum absolute atomic E-state index is 0.193. The number of carboxylic acid groups (broad SMARTS) is 1. The number of benzene rings is 1. The van der Waals surface area contributed by atoms with Gasteiger partial charge in [0.2, 0.25) is 5.91 Å². The van der Waals surface area contributed by atoms with E-state index in [1.165, 1.54) is 11.8 Å². The first-order valence-electron chi connectivity index (χ1n) is 5.16. The van der Waals surface area contributed by atoms with E-state index in [4.69, 9.17) is 5.11 Å². The first-order valence-corrected chi connectivity index (χ1v) is 5.16. The lowest BCUT2D eigenvalue weighted by atomic mass is 9.94. The second kappa shape index (κ2) is 3.96. The average Bonchev–Trinajstić information content (AvgIpc) is 2.27. The molecule has 1 aromatic carbocycles. The summed E-state index contributed by atoms with van der Waals surface area (Å²) < 4.78 is 0. The second-order valence-electron chi connectivity index (χ2n) is 3.97. The van der Waals surface area contributed by atoms with Gasteiger partial charge in [0.1, 0.15) is 6.04 Å². The number of carbonyl (C=O) groups excluding carboxylic acids is 1. The molecule has 1 aliphatic rings. The van der Waals surface area contributed by atoms with Crippen LogP contribution in [-0.2, 0) is 22.6 Å². The smallest absolute Gasteiger partial charge is 0.326 e. The van der Waals surface area contributed by atoms with Crippen molar-refractivity contribution in [3.8, 4) is 0 Å². The largest absolute Gasteiger partial charge is 0.480 e. The van der Waals surface area contributed by atoms with Gasteiger partial charge in [-0.05, 0) is 11.1 Å². The molecule has 0 radical (unpaired) electrons. The molecule has 1 aromatic rings. The third kappa shape index (κ3) is 1.78. The maximum atomic E-state index is 11.4. The van der Waals surface area contributed by atoms with E-state index in [0.29, 0.717) is 13.0 Å². The third-order valence-electron chi connectivity index (χ3n) is 2.94. The van der Waals surface area contributed by atoms with Crippen molar-refractivity contribution in [2.45, 2.75) is 25.9 Å². The molecule has 0 aliphatic carbocycles. The van der Waals surface area contributed by atoms with Gasteiger partial charge in [0.25, 0.3) is 0 Å². The van der Waals surface area contributed by atoms with E-state index in [1.54, 1.807) is 0 Å². The Morgan fingerprint density at radius 3 is 2.50 bits per heavy atom. The van der Waals surface area contributed by atoms with Crippen LogP contribution in [0.15, 0.2) is 24.3 Å². The van der Waals surface area contributed by atoms with Gasteiger partial charge in [-0.25, -0.2) is 4.79 Å². The van der Waals surface area contributed by atoms with Crippen molar-refractivity contribution in [3.63, 3.8) is 0 Å². The molecule has 0 spiro atoms. The first kappa shape index (κ1) is 10.7. The Balaban J connectivity index is 2.37. The van der Waals surface area contributed by atoms with Gasteiger partial charge in [-0.15, -0.1) is 0 Å². The number of hydrogen-bond donors (Lipinski definition) is 1. The molecule has 2 rings (SSSR count). The Bertz CT molecular complexity index is 401. The zero-order valence-corrected chi connectivity index (χ0v) is 9.01. The number of hydrogen-bond acceptors (Lipinski definition) is 2. The van der Waals surface area contributed by atoms with Crippen molar-refractivity contribution in [1.82, 2.24) is 4.90 Å². The highest BCUT2D eigenvalue weighted by molar-refractivity contribution is 5.83. The third-order valence-corrected chi connectivity index (χ3v) is 2.94. The lowest BCUT2D eigenvalue weighted by Crippen LogP contribution is -2.47. The van der Waals surface area contributed by atoms with Crippen LogP contribution in [0.5, 0.6) is 0 Å². The fraction of sp³-hybridized carbons (Fsp3) is 0.333. The van der Waals surface area contributed by atoms with E-state index < -0.39 is 12.0 Å². The summed E-state index contributed by atoms with van der Waals surface area (Å²) in [5, 5.41) is 9.09. The lowest BCUT2D eigenvalue weighted by molar-refractivity contribution is -0.150. The van der Waals surface area contributed by atoms with Crippen LogP contribution in [0.25, 0.3) is 0 Å². The molecule has 1 aliphatic heterocycles. The summed E-state index contributed by atoms with van der Waals surface area (Å²) in [4.78, 5) is 23.9. The summed E-state index contributed by atoms with van der Waals surface area (Å²) in [6.07, 6.45) is 0.394. The molecular formula is C12H13NO3. The van der Waals surface area contributed by atoms with Crippen LogP contribution in [-0.4, -0.2) is 27.9 Å². The van der Waals surface area contributed by atoms with Gasteiger partial charge in [-0.2, -0.15) is 0 Å². The van der Waals surface area contributed by atoms with Crippen molar-refractivity contribution in [2.75, 3.05) is 0 Å². The molecule has 1 N–H and O–H groups in total. The van der Waals surface area contributed by atoms with Crippen molar-refractivity contribution >= 4 is 11.9 Å². The Kier molecular flexibility index (Phi) is 2.64. The summed E-state index contributed by atoms with van der Waals surface area (Å²) in [5.41, 5.74) is 2.06. The molecule has 84 valence electrons. The van der Waals surface area contributed by atoms with Crippen molar-refractivity contribution in [3.05, 3.63) is 35.4 Å². The second-order valence-corrected chi connectivity index (χ2v) is 3.97. The number of aliphatic carboxylic acids is 1. The lowest BCUT2D eigenvalue weighted by Gasteiger charge is -2.33. The first-order chi connectivity index (χ1) is 7.59. The van der Waals surface area contributed by atoms with Gasteiger partial charge < -0.3 is 10.0 Å². The normalized spacial score (nSPS) is 19.1. The maximum absolute atomic E-state index is 11.4. The molecule has 0 unspecified atom stereocenters. The number of rotatable bonds is 1. The number of amides is 1. The molecule has 0 saturated carbocycles. The molecular weight excluding hydrogens is 206 g/mol. The van der Waals surface area contributed by atoms with E-state index >= 15 is 0 Å². The highest BCUT2D eigenvalue weighted by Gasteiger charge is 2.32. The van der Waals surface area contributed by atoms with Crippen LogP contribution < -0.4 is 0 Å². The van der Waals surface area contributed by atoms with Gasteiger partial charge in [0, 0.05) is 19.9 Å². The zero-order valence-electron chi connectivity index (χ0n) is 9.01. The molecule has 4 heteroatoms. The molecule has 0 fully saturated rings. The van der Waals surface area contributed by atoms with Gasteiger partial charge >= 0.3 is 5.97 Å². The quantitative estimate of drug-likeness (QED) is 0.767. The van der Waals surface area contributed by atoms with E-state index in [1.807, 2.05) is 24.3 Å². The molecule has 0 saturated heterocycles. The van der Waals surface area contributed by atoms with Crippen LogP contribution in [0.3, 0.4) is 0 Å². The fourth-order valence-corrected chi connectivity index (χ4v) is 2.07. The van der Waals surface area contributed by atoms with E-state index in [-0.39, 0.29) is 5.91 Å². The minimum atomic E-state index is -0.940. The zero-order chi connectivity index (χ0) is 11.7. The summed E-state index contributed by atoms with van der Waals surface area (Å²) in [6.45, 7) is 1.80. The highest BCUT2D eigenvalue weighted by Crippen LogP contribution is 2.23. The molecule has 0 bridgehead atoms. The fourth-order valence-electron chi connectivity index (χ4n) is 2.07. The Labute approximate surface area is 93.5 Å². The Hall–Kier alpha value is -1.84. The summed E-state index contributed by atoms with van der Waals surface area (Å²) in [5.74, 6) is -1.13. The SMILES string of the molecule is CC(=O)N1Cc2ccccc2C[C@H]1C(=O)O. The Morgan fingerprint density at radius 2 is 1.94 bits per heavy atom. The van der Waals surface area contributed by atoms with Crippen LogP contribution >= 0.6 is 0 Å². The van der Waals surface area contributed by atoms with E-state index in [2.05, 4.69) is 0 Å². The highest BCUT2D eigenvalue weighted by atomic mass is 16.4. The van der Waals surface area contributed by atoms with Crippen LogP contribution in [0.1, 0.15) is 18.1 Å². The predicted octanol–water partition coefficient (Wildman–Crippen LogP) is 1.04. The number of carboxylic acids is 1. The van der Waals surface area contributed by atoms with Crippen molar-refractivity contribution in [2.24, 2.45) is 0 Å². The summed E-state index contributed by atoms with van der Waals surface area (Å²) in [6, 6.07) is 6.92. The van der Waals surface area contributed by atoms with E-state index in [0.717, 1.165) is 11.1 Å². The molecule has 1 heterocycles. The number of nitrogens with zero attached hydrogens (tertiary/aromatic N) is 1. The monoisotopic (exact) mass is 219 g/mol. The number of fused-ring (bicyclic) bond motifs is 1. The van der Waals surface area contributed by atoms with Crippen LogP contribution in [0, 0.1) is 0 Å². The predicted molar refractivity (Wildman–Crippen MR) is 57.8 cm³/mol. The van der Waals surface area contributed by atoms with Gasteiger partial charge in [0.15, 0.2) is 0 Å². The maximum Gasteiger partial charge on any atom is 0.326 e. The number of carbonyl (C=O) groups is 2. The molecule has 1 amide bonds. The van der Waals surface area contributed by atoms with Gasteiger partial charge in [0.05, 0.1) is 0 Å². The van der Waals surface area contributed by atoms with Crippen LogP contribution in [0.4, 0.5) is 0 Å². The molecule has 0 aromatic heterocycles. The minimum Gasteiger partial charge on any atom is -0.480 e.